The molecule has 0 bridgehead atoms. The van der Waals surface area contributed by atoms with Gasteiger partial charge in [0.1, 0.15) is 0 Å². The molecule has 70 valence electrons. The van der Waals surface area contributed by atoms with Crippen LogP contribution in [-0.2, 0) is 0 Å². The number of hydrogen-bond donors (Lipinski definition) is 2. The Kier molecular flexibility index (Phi) is 3.73. The van der Waals surface area contributed by atoms with Gasteiger partial charge >= 0.3 is 0 Å². The van der Waals surface area contributed by atoms with E-state index < -0.39 is 0 Å². The minimum absolute atomic E-state index is 0.0552. The molecule has 12 heavy (non-hydrogen) atoms. The van der Waals surface area contributed by atoms with Crippen LogP contribution in [0.25, 0.3) is 0 Å². The highest BCUT2D eigenvalue weighted by atomic mass is 15.4. The van der Waals surface area contributed by atoms with Gasteiger partial charge < -0.3 is 4.90 Å². The predicted molar refractivity (Wildman–Crippen MR) is 52.5 cm³/mol. The van der Waals surface area contributed by atoms with Gasteiger partial charge in [-0.2, -0.15) is 5.10 Å². The summed E-state index contributed by atoms with van der Waals surface area (Å²) in [6.45, 7) is 6.16. The zero-order chi connectivity index (χ0) is 9.78. The lowest BCUT2D eigenvalue weighted by Crippen LogP contribution is -2.32. The fraction of sp³-hybridized carbons (Fsp3) is 0.750. The normalized spacial score (nSPS) is 11.8. The molecule has 0 saturated carbocycles. The van der Waals surface area contributed by atoms with Gasteiger partial charge in [-0.05, 0) is 5.41 Å². The third-order valence-electron chi connectivity index (χ3n) is 1.07. The van der Waals surface area contributed by atoms with Gasteiger partial charge in [0.2, 0.25) is 5.96 Å². The summed E-state index contributed by atoms with van der Waals surface area (Å²) in [4.78, 5) is 1.65. The maximum Gasteiger partial charge on any atom is 0.211 e. The van der Waals surface area contributed by atoms with Gasteiger partial charge in [0.25, 0.3) is 0 Å². The maximum absolute atomic E-state index is 7.35. The summed E-state index contributed by atoms with van der Waals surface area (Å²) in [5, 5.41) is 11.3. The Morgan fingerprint density at radius 1 is 1.42 bits per heavy atom. The molecule has 0 aromatic rings. The summed E-state index contributed by atoms with van der Waals surface area (Å²) in [6, 6.07) is 0. The quantitative estimate of drug-likeness (QED) is 0.352. The van der Waals surface area contributed by atoms with E-state index in [-0.39, 0.29) is 11.4 Å². The van der Waals surface area contributed by atoms with Crippen LogP contribution in [0.2, 0.25) is 0 Å². The van der Waals surface area contributed by atoms with Crippen LogP contribution in [0.4, 0.5) is 0 Å². The van der Waals surface area contributed by atoms with E-state index in [0.29, 0.717) is 0 Å². The maximum atomic E-state index is 7.35. The van der Waals surface area contributed by atoms with E-state index >= 15 is 0 Å². The van der Waals surface area contributed by atoms with Gasteiger partial charge in [-0.1, -0.05) is 20.8 Å². The Balaban J connectivity index is 3.84. The average molecular weight is 170 g/mol. The second-order valence-corrected chi connectivity index (χ2v) is 3.98. The van der Waals surface area contributed by atoms with Crippen LogP contribution in [0.15, 0.2) is 5.10 Å². The van der Waals surface area contributed by atoms with Gasteiger partial charge in [0, 0.05) is 20.3 Å². The number of guanidine groups is 1. The fourth-order valence-electron chi connectivity index (χ4n) is 0.387. The summed E-state index contributed by atoms with van der Waals surface area (Å²) in [5.74, 6) is 0.288. The first kappa shape index (κ1) is 10.9. The Bertz CT molecular complexity index is 176. The van der Waals surface area contributed by atoms with E-state index in [2.05, 4.69) is 31.3 Å². The molecule has 2 N–H and O–H groups in total. The van der Waals surface area contributed by atoms with E-state index in [4.69, 9.17) is 5.41 Å². The highest BCUT2D eigenvalue weighted by molar-refractivity contribution is 5.77. The highest BCUT2D eigenvalue weighted by Crippen LogP contribution is 2.07. The van der Waals surface area contributed by atoms with Crippen LogP contribution < -0.4 is 5.43 Å². The zero-order valence-electron chi connectivity index (χ0n) is 8.47. The first-order chi connectivity index (χ1) is 5.33. The molecule has 0 heterocycles. The minimum Gasteiger partial charge on any atom is -0.348 e. The zero-order valence-corrected chi connectivity index (χ0v) is 8.47. The van der Waals surface area contributed by atoms with Gasteiger partial charge in [-0.3, -0.25) is 5.41 Å². The molecule has 0 atom stereocenters. The molecular formula is C8H18N4. The summed E-state index contributed by atoms with van der Waals surface area (Å²) in [5.41, 5.74) is 2.67. The Morgan fingerprint density at radius 2 is 1.92 bits per heavy atom. The molecule has 0 rings (SSSR count). The number of hydrogen-bond acceptors (Lipinski definition) is 2. The molecule has 0 aliphatic carbocycles. The lowest BCUT2D eigenvalue weighted by Gasteiger charge is -2.14. The Hall–Kier alpha value is -1.06. The average Bonchev–Trinajstić information content (AvgIpc) is 1.84. The van der Waals surface area contributed by atoms with Crippen molar-refractivity contribution in [2.45, 2.75) is 20.8 Å². The number of hydrazone groups is 1. The first-order valence-corrected chi connectivity index (χ1v) is 3.89. The topological polar surface area (TPSA) is 51.5 Å². The van der Waals surface area contributed by atoms with Crippen LogP contribution in [0.5, 0.6) is 0 Å². The van der Waals surface area contributed by atoms with E-state index in [9.17, 15) is 0 Å². The van der Waals surface area contributed by atoms with Gasteiger partial charge in [-0.15, -0.1) is 0 Å². The van der Waals surface area contributed by atoms with Crippen molar-refractivity contribution >= 4 is 12.2 Å². The van der Waals surface area contributed by atoms with Crippen LogP contribution in [0, 0.1) is 10.8 Å². The van der Waals surface area contributed by atoms with Crippen molar-refractivity contribution in [3.05, 3.63) is 0 Å². The molecular weight excluding hydrogens is 152 g/mol. The standard InChI is InChI=1S/C8H18N4/c1-8(2,3)6-10-11-7(9)12(4)5/h6H,1-5H3,(H2,9,11)/b10-6+. The number of nitrogens with zero attached hydrogens (tertiary/aromatic N) is 2. The molecule has 0 saturated heterocycles. The van der Waals surface area contributed by atoms with Gasteiger partial charge in [0.15, 0.2) is 0 Å². The second-order valence-electron chi connectivity index (χ2n) is 3.98. The van der Waals surface area contributed by atoms with Crippen LogP contribution >= 0.6 is 0 Å². The van der Waals surface area contributed by atoms with Crippen molar-refractivity contribution in [2.75, 3.05) is 14.1 Å². The minimum atomic E-state index is 0.0552. The third-order valence-corrected chi connectivity index (χ3v) is 1.07. The molecule has 4 heteroatoms. The fourth-order valence-corrected chi connectivity index (χ4v) is 0.387. The summed E-state index contributed by atoms with van der Waals surface area (Å²) in [7, 11) is 3.59. The van der Waals surface area contributed by atoms with Gasteiger partial charge in [0.05, 0.1) is 0 Å². The first-order valence-electron chi connectivity index (χ1n) is 3.89. The van der Waals surface area contributed by atoms with Crippen molar-refractivity contribution in [1.82, 2.24) is 10.3 Å². The van der Waals surface area contributed by atoms with Crippen molar-refractivity contribution in [1.29, 1.82) is 5.41 Å². The lowest BCUT2D eigenvalue weighted by atomic mass is 9.99. The van der Waals surface area contributed by atoms with Crippen LogP contribution in [-0.4, -0.2) is 31.2 Å². The van der Waals surface area contributed by atoms with E-state index in [1.165, 1.54) is 0 Å². The molecule has 0 amide bonds. The SMILES string of the molecule is CN(C)C(=N)N/N=C/C(C)(C)C. The molecule has 0 radical (unpaired) electrons. The Morgan fingerprint density at radius 3 is 2.25 bits per heavy atom. The highest BCUT2D eigenvalue weighted by Gasteiger charge is 2.04. The van der Waals surface area contributed by atoms with Crippen molar-refractivity contribution < 1.29 is 0 Å². The molecule has 4 nitrogen and oxygen atoms in total. The molecule has 0 aliphatic heterocycles. The summed E-state index contributed by atoms with van der Waals surface area (Å²) < 4.78 is 0. The molecule has 0 aromatic carbocycles. The number of nitrogens with one attached hydrogen (secondary N) is 2. The van der Waals surface area contributed by atoms with Gasteiger partial charge in [-0.25, -0.2) is 5.43 Å². The lowest BCUT2D eigenvalue weighted by molar-refractivity contribution is 0.575. The van der Waals surface area contributed by atoms with E-state index in [0.717, 1.165) is 0 Å². The van der Waals surface area contributed by atoms with Crippen molar-refractivity contribution in [2.24, 2.45) is 10.5 Å². The third kappa shape index (κ3) is 5.70. The van der Waals surface area contributed by atoms with E-state index in [1.807, 2.05) is 0 Å². The summed E-state index contributed by atoms with van der Waals surface area (Å²) in [6.07, 6.45) is 1.78. The molecule has 0 fully saturated rings. The monoisotopic (exact) mass is 170 g/mol. The van der Waals surface area contributed by atoms with Crippen molar-refractivity contribution in [3.63, 3.8) is 0 Å². The predicted octanol–water partition coefficient (Wildman–Crippen LogP) is 1.10. The summed E-state index contributed by atoms with van der Waals surface area (Å²) >= 11 is 0. The molecule has 0 unspecified atom stereocenters. The molecule has 0 spiro atoms. The van der Waals surface area contributed by atoms with Crippen LogP contribution in [0.1, 0.15) is 20.8 Å². The smallest absolute Gasteiger partial charge is 0.211 e. The van der Waals surface area contributed by atoms with E-state index in [1.54, 1.807) is 25.2 Å². The molecule has 0 aromatic heterocycles. The van der Waals surface area contributed by atoms with Crippen LogP contribution in [0.3, 0.4) is 0 Å². The number of rotatable bonds is 1. The second kappa shape index (κ2) is 4.09. The molecule has 0 aliphatic rings. The largest absolute Gasteiger partial charge is 0.348 e. The van der Waals surface area contributed by atoms with Crippen molar-refractivity contribution in [3.8, 4) is 0 Å². The Labute approximate surface area is 74.2 Å².